The lowest BCUT2D eigenvalue weighted by atomic mass is 9.97. The first-order valence-corrected chi connectivity index (χ1v) is 7.64. The summed E-state index contributed by atoms with van der Waals surface area (Å²) in [6, 6.07) is 10.8. The second-order valence-electron chi connectivity index (χ2n) is 5.51. The fraction of sp³-hybridized carbons (Fsp3) is 0.588. The van der Waals surface area contributed by atoms with E-state index in [0.29, 0.717) is 18.4 Å². The van der Waals surface area contributed by atoms with Gasteiger partial charge in [0, 0.05) is 19.0 Å². The van der Waals surface area contributed by atoms with Crippen molar-refractivity contribution in [3.8, 4) is 0 Å². The SMILES string of the molecule is CCC[C@H]1CCCCN1C(=O)CCc1ccccc1. The van der Waals surface area contributed by atoms with E-state index in [0.717, 1.165) is 19.4 Å². The number of piperidine rings is 1. The highest BCUT2D eigenvalue weighted by Gasteiger charge is 2.25. The zero-order chi connectivity index (χ0) is 13.5. The Morgan fingerprint density at radius 2 is 2.05 bits per heavy atom. The normalized spacial score (nSPS) is 19.4. The van der Waals surface area contributed by atoms with Gasteiger partial charge in [-0.2, -0.15) is 0 Å². The number of rotatable bonds is 5. The van der Waals surface area contributed by atoms with E-state index in [1.165, 1.54) is 31.2 Å². The summed E-state index contributed by atoms with van der Waals surface area (Å²) < 4.78 is 0. The van der Waals surface area contributed by atoms with E-state index in [-0.39, 0.29) is 0 Å². The van der Waals surface area contributed by atoms with E-state index in [1.807, 2.05) is 18.2 Å². The standard InChI is InChI=1S/C17H25NO/c1-2-8-16-11-6-7-14-18(16)17(19)13-12-15-9-4-3-5-10-15/h3-5,9-10,16H,2,6-8,11-14H2,1H3/t16-/m0/s1. The zero-order valence-electron chi connectivity index (χ0n) is 12.0. The van der Waals surface area contributed by atoms with Gasteiger partial charge in [0.1, 0.15) is 0 Å². The third kappa shape index (κ3) is 4.09. The Morgan fingerprint density at radius 1 is 1.26 bits per heavy atom. The van der Waals surface area contributed by atoms with E-state index in [4.69, 9.17) is 0 Å². The fourth-order valence-corrected chi connectivity index (χ4v) is 3.00. The molecule has 0 radical (unpaired) electrons. The van der Waals surface area contributed by atoms with Crippen molar-refractivity contribution in [3.63, 3.8) is 0 Å². The van der Waals surface area contributed by atoms with Gasteiger partial charge >= 0.3 is 0 Å². The third-order valence-electron chi connectivity index (χ3n) is 4.04. The van der Waals surface area contributed by atoms with Crippen LogP contribution in [0, 0.1) is 0 Å². The Balaban J connectivity index is 1.87. The molecule has 2 heteroatoms. The maximum atomic E-state index is 12.4. The first-order chi connectivity index (χ1) is 9.31. The van der Waals surface area contributed by atoms with Gasteiger partial charge < -0.3 is 4.90 Å². The molecular formula is C17H25NO. The van der Waals surface area contributed by atoms with E-state index >= 15 is 0 Å². The highest BCUT2D eigenvalue weighted by atomic mass is 16.2. The lowest BCUT2D eigenvalue weighted by Gasteiger charge is -2.36. The van der Waals surface area contributed by atoms with Crippen LogP contribution in [-0.4, -0.2) is 23.4 Å². The molecule has 0 saturated carbocycles. The molecule has 0 bridgehead atoms. The van der Waals surface area contributed by atoms with Crippen LogP contribution in [0.1, 0.15) is 51.0 Å². The van der Waals surface area contributed by atoms with Gasteiger partial charge in [-0.05, 0) is 37.7 Å². The van der Waals surface area contributed by atoms with Crippen LogP contribution in [0.15, 0.2) is 30.3 Å². The maximum Gasteiger partial charge on any atom is 0.223 e. The predicted octanol–water partition coefficient (Wildman–Crippen LogP) is 3.80. The van der Waals surface area contributed by atoms with Crippen molar-refractivity contribution in [2.45, 2.75) is 57.9 Å². The van der Waals surface area contributed by atoms with E-state index < -0.39 is 0 Å². The Bertz CT molecular complexity index is 386. The van der Waals surface area contributed by atoms with E-state index in [9.17, 15) is 4.79 Å². The summed E-state index contributed by atoms with van der Waals surface area (Å²) in [5.41, 5.74) is 1.26. The average Bonchev–Trinajstić information content (AvgIpc) is 2.47. The second-order valence-corrected chi connectivity index (χ2v) is 5.51. The summed E-state index contributed by atoms with van der Waals surface area (Å²) in [4.78, 5) is 14.5. The number of benzene rings is 1. The van der Waals surface area contributed by atoms with Gasteiger partial charge in [0.2, 0.25) is 5.91 Å². The third-order valence-corrected chi connectivity index (χ3v) is 4.04. The zero-order valence-corrected chi connectivity index (χ0v) is 12.0. The lowest BCUT2D eigenvalue weighted by molar-refractivity contribution is -0.135. The molecule has 2 rings (SSSR count). The molecule has 1 aliphatic heterocycles. The number of hydrogen-bond donors (Lipinski definition) is 0. The van der Waals surface area contributed by atoms with Crippen molar-refractivity contribution in [2.75, 3.05) is 6.54 Å². The topological polar surface area (TPSA) is 20.3 Å². The van der Waals surface area contributed by atoms with Crippen molar-refractivity contribution < 1.29 is 4.79 Å². The molecular weight excluding hydrogens is 234 g/mol. The first kappa shape index (κ1) is 14.1. The van der Waals surface area contributed by atoms with Crippen LogP contribution >= 0.6 is 0 Å². The molecule has 1 amide bonds. The van der Waals surface area contributed by atoms with Crippen molar-refractivity contribution in [1.82, 2.24) is 4.90 Å². The van der Waals surface area contributed by atoms with Gasteiger partial charge in [-0.15, -0.1) is 0 Å². The van der Waals surface area contributed by atoms with Crippen LogP contribution in [0.3, 0.4) is 0 Å². The van der Waals surface area contributed by atoms with Gasteiger partial charge in [0.25, 0.3) is 0 Å². The monoisotopic (exact) mass is 259 g/mol. The molecule has 0 unspecified atom stereocenters. The van der Waals surface area contributed by atoms with Crippen molar-refractivity contribution >= 4 is 5.91 Å². The molecule has 0 aromatic heterocycles. The molecule has 1 aromatic carbocycles. The summed E-state index contributed by atoms with van der Waals surface area (Å²) in [5.74, 6) is 0.349. The fourth-order valence-electron chi connectivity index (χ4n) is 3.00. The number of carbonyl (C=O) groups excluding carboxylic acids is 1. The summed E-state index contributed by atoms with van der Waals surface area (Å²) in [6.07, 6.45) is 7.53. The minimum atomic E-state index is 0.349. The van der Waals surface area contributed by atoms with Gasteiger partial charge in [0.05, 0.1) is 0 Å². The molecule has 1 atom stereocenters. The highest BCUT2D eigenvalue weighted by Crippen LogP contribution is 2.22. The van der Waals surface area contributed by atoms with Gasteiger partial charge in [0.15, 0.2) is 0 Å². The summed E-state index contributed by atoms with van der Waals surface area (Å²) in [6.45, 7) is 3.18. The van der Waals surface area contributed by atoms with Crippen molar-refractivity contribution in [1.29, 1.82) is 0 Å². The van der Waals surface area contributed by atoms with Crippen molar-refractivity contribution in [3.05, 3.63) is 35.9 Å². The Hall–Kier alpha value is -1.31. The number of hydrogen-bond acceptors (Lipinski definition) is 1. The molecule has 1 fully saturated rings. The van der Waals surface area contributed by atoms with Crippen LogP contribution in [0.25, 0.3) is 0 Å². The molecule has 1 aliphatic rings. The van der Waals surface area contributed by atoms with Crippen LogP contribution in [0.4, 0.5) is 0 Å². The first-order valence-electron chi connectivity index (χ1n) is 7.64. The molecule has 0 N–H and O–H groups in total. The number of amides is 1. The Labute approximate surface area is 116 Å². The summed E-state index contributed by atoms with van der Waals surface area (Å²) in [7, 11) is 0. The predicted molar refractivity (Wildman–Crippen MR) is 79.0 cm³/mol. The molecule has 1 heterocycles. The number of aryl methyl sites for hydroxylation is 1. The minimum absolute atomic E-state index is 0.349. The van der Waals surface area contributed by atoms with Crippen LogP contribution in [-0.2, 0) is 11.2 Å². The number of likely N-dealkylation sites (tertiary alicyclic amines) is 1. The van der Waals surface area contributed by atoms with Gasteiger partial charge in [-0.1, -0.05) is 43.7 Å². The molecule has 1 aromatic rings. The largest absolute Gasteiger partial charge is 0.340 e. The molecule has 104 valence electrons. The summed E-state index contributed by atoms with van der Waals surface area (Å²) in [5, 5.41) is 0. The van der Waals surface area contributed by atoms with Gasteiger partial charge in [-0.3, -0.25) is 4.79 Å². The van der Waals surface area contributed by atoms with Crippen LogP contribution in [0.2, 0.25) is 0 Å². The van der Waals surface area contributed by atoms with Crippen LogP contribution in [0.5, 0.6) is 0 Å². The van der Waals surface area contributed by atoms with Crippen LogP contribution < -0.4 is 0 Å². The maximum absolute atomic E-state index is 12.4. The van der Waals surface area contributed by atoms with Crippen molar-refractivity contribution in [2.24, 2.45) is 0 Å². The second kappa shape index (κ2) is 7.32. The molecule has 0 spiro atoms. The Morgan fingerprint density at radius 3 is 2.79 bits per heavy atom. The number of carbonyl (C=O) groups is 1. The molecule has 19 heavy (non-hydrogen) atoms. The quantitative estimate of drug-likeness (QED) is 0.787. The summed E-state index contributed by atoms with van der Waals surface area (Å²) >= 11 is 0. The van der Waals surface area contributed by atoms with Gasteiger partial charge in [-0.25, -0.2) is 0 Å². The lowest BCUT2D eigenvalue weighted by Crippen LogP contribution is -2.43. The van der Waals surface area contributed by atoms with E-state index in [2.05, 4.69) is 24.0 Å². The minimum Gasteiger partial charge on any atom is -0.340 e. The molecule has 1 saturated heterocycles. The molecule has 2 nitrogen and oxygen atoms in total. The molecule has 0 aliphatic carbocycles. The smallest absolute Gasteiger partial charge is 0.223 e. The highest BCUT2D eigenvalue weighted by molar-refractivity contribution is 5.76. The number of nitrogens with zero attached hydrogens (tertiary/aromatic N) is 1. The van der Waals surface area contributed by atoms with E-state index in [1.54, 1.807) is 0 Å². The average molecular weight is 259 g/mol. The Kier molecular flexibility index (Phi) is 5.44.